The van der Waals surface area contributed by atoms with E-state index >= 15 is 0 Å². The van der Waals surface area contributed by atoms with Crippen LogP contribution in [-0.2, 0) is 4.74 Å². The molecule has 1 aromatic carbocycles. The van der Waals surface area contributed by atoms with Gasteiger partial charge in [-0.05, 0) is 56.7 Å². The zero-order valence-electron chi connectivity index (χ0n) is 16.0. The van der Waals surface area contributed by atoms with Crippen LogP contribution in [0.5, 0.6) is 0 Å². The third kappa shape index (κ3) is 5.20. The molecule has 26 heavy (non-hydrogen) atoms. The van der Waals surface area contributed by atoms with Crippen molar-refractivity contribution >= 4 is 23.1 Å². The Labute approximate surface area is 155 Å². The molecule has 0 saturated heterocycles. The molecule has 6 nitrogen and oxygen atoms in total. The first-order valence-corrected chi connectivity index (χ1v) is 8.94. The van der Waals surface area contributed by atoms with Crippen molar-refractivity contribution in [3.8, 4) is 0 Å². The molecule has 6 heteroatoms. The molecule has 0 aliphatic carbocycles. The Kier molecular flexibility index (Phi) is 7.41. The standard InChI is InChI=1S/C20H28N4O2/c1-5-24(6-2)17-8-9-18(15(3)13-17)23-19-10-7-16(14-22-19)20(25)21-11-12-26-4/h7-10,13-14H,5-6,11-12H2,1-4H3,(H,21,25)(H,22,23). The summed E-state index contributed by atoms with van der Waals surface area (Å²) in [7, 11) is 1.60. The Morgan fingerprint density at radius 3 is 2.54 bits per heavy atom. The monoisotopic (exact) mass is 356 g/mol. The maximum Gasteiger partial charge on any atom is 0.252 e. The summed E-state index contributed by atoms with van der Waals surface area (Å²) in [6.45, 7) is 9.32. The van der Waals surface area contributed by atoms with Gasteiger partial charge in [-0.3, -0.25) is 4.79 Å². The summed E-state index contributed by atoms with van der Waals surface area (Å²) in [5.41, 5.74) is 3.90. The van der Waals surface area contributed by atoms with Gasteiger partial charge in [-0.2, -0.15) is 0 Å². The van der Waals surface area contributed by atoms with Crippen molar-refractivity contribution in [2.24, 2.45) is 0 Å². The predicted octanol–water partition coefficient (Wildman–Crippen LogP) is 3.36. The fourth-order valence-corrected chi connectivity index (χ4v) is 2.68. The molecule has 1 heterocycles. The smallest absolute Gasteiger partial charge is 0.252 e. The lowest BCUT2D eigenvalue weighted by Crippen LogP contribution is -2.27. The number of aryl methyl sites for hydroxylation is 1. The van der Waals surface area contributed by atoms with E-state index in [2.05, 4.69) is 59.5 Å². The Morgan fingerprint density at radius 2 is 1.96 bits per heavy atom. The molecule has 1 amide bonds. The summed E-state index contributed by atoms with van der Waals surface area (Å²) >= 11 is 0. The van der Waals surface area contributed by atoms with Crippen molar-refractivity contribution in [2.75, 3.05) is 43.6 Å². The second-order valence-electron chi connectivity index (χ2n) is 5.98. The lowest BCUT2D eigenvalue weighted by molar-refractivity contribution is 0.0937. The maximum absolute atomic E-state index is 12.0. The molecule has 0 aliphatic rings. The van der Waals surface area contributed by atoms with Gasteiger partial charge < -0.3 is 20.3 Å². The second kappa shape index (κ2) is 9.77. The molecule has 0 saturated carbocycles. The topological polar surface area (TPSA) is 66.5 Å². The summed E-state index contributed by atoms with van der Waals surface area (Å²) in [5.74, 6) is 0.554. The molecule has 0 atom stereocenters. The number of nitrogens with one attached hydrogen (secondary N) is 2. The average Bonchev–Trinajstić information content (AvgIpc) is 2.65. The molecule has 0 fully saturated rings. The molecule has 2 aromatic rings. The SMILES string of the molecule is CCN(CC)c1ccc(Nc2ccc(C(=O)NCCOC)cn2)c(C)c1. The van der Waals surface area contributed by atoms with Crippen molar-refractivity contribution in [3.05, 3.63) is 47.7 Å². The number of amides is 1. The number of anilines is 3. The maximum atomic E-state index is 12.0. The van der Waals surface area contributed by atoms with Gasteiger partial charge in [-0.1, -0.05) is 0 Å². The number of carbonyl (C=O) groups excluding carboxylic acids is 1. The Balaban J connectivity index is 2.03. The van der Waals surface area contributed by atoms with Crippen molar-refractivity contribution in [2.45, 2.75) is 20.8 Å². The van der Waals surface area contributed by atoms with Crippen molar-refractivity contribution in [1.29, 1.82) is 0 Å². The first-order chi connectivity index (χ1) is 12.6. The summed E-state index contributed by atoms with van der Waals surface area (Å²) in [4.78, 5) is 18.6. The van der Waals surface area contributed by atoms with Crippen LogP contribution in [-0.4, -0.2) is 44.2 Å². The van der Waals surface area contributed by atoms with Gasteiger partial charge in [-0.15, -0.1) is 0 Å². The molecule has 1 aromatic heterocycles. The highest BCUT2D eigenvalue weighted by Crippen LogP contribution is 2.25. The van der Waals surface area contributed by atoms with Crippen LogP contribution < -0.4 is 15.5 Å². The number of hydrogen-bond donors (Lipinski definition) is 2. The van der Waals surface area contributed by atoms with Gasteiger partial charge in [0.1, 0.15) is 5.82 Å². The largest absolute Gasteiger partial charge is 0.383 e. The van der Waals surface area contributed by atoms with E-state index in [9.17, 15) is 4.79 Å². The van der Waals surface area contributed by atoms with Crippen molar-refractivity contribution < 1.29 is 9.53 Å². The summed E-state index contributed by atoms with van der Waals surface area (Å²) < 4.78 is 4.92. The number of methoxy groups -OCH3 is 1. The highest BCUT2D eigenvalue weighted by atomic mass is 16.5. The van der Waals surface area contributed by atoms with Crippen molar-refractivity contribution in [3.63, 3.8) is 0 Å². The van der Waals surface area contributed by atoms with E-state index < -0.39 is 0 Å². The van der Waals surface area contributed by atoms with Crippen LogP contribution in [0.25, 0.3) is 0 Å². The normalized spacial score (nSPS) is 10.5. The highest BCUT2D eigenvalue weighted by Gasteiger charge is 2.08. The molecule has 0 radical (unpaired) electrons. The zero-order chi connectivity index (χ0) is 18.9. The van der Waals surface area contributed by atoms with Crippen LogP contribution in [0.2, 0.25) is 0 Å². The molecule has 0 bridgehead atoms. The van der Waals surface area contributed by atoms with Gasteiger partial charge in [0.2, 0.25) is 0 Å². The minimum atomic E-state index is -0.152. The fourth-order valence-electron chi connectivity index (χ4n) is 2.68. The summed E-state index contributed by atoms with van der Waals surface area (Å²) in [6, 6.07) is 9.92. The van der Waals surface area contributed by atoms with Gasteiger partial charge in [-0.25, -0.2) is 4.98 Å². The van der Waals surface area contributed by atoms with Crippen LogP contribution in [0.15, 0.2) is 36.5 Å². The fraction of sp³-hybridized carbons (Fsp3) is 0.400. The lowest BCUT2D eigenvalue weighted by Gasteiger charge is -2.22. The number of hydrogen-bond acceptors (Lipinski definition) is 5. The number of ether oxygens (including phenoxy) is 1. The predicted molar refractivity (Wildman–Crippen MR) is 106 cm³/mol. The van der Waals surface area contributed by atoms with E-state index in [4.69, 9.17) is 4.74 Å². The number of pyridine rings is 1. The third-order valence-corrected chi connectivity index (χ3v) is 4.22. The summed E-state index contributed by atoms with van der Waals surface area (Å²) in [5, 5.41) is 6.09. The molecule has 0 aliphatic heterocycles. The van der Waals surface area contributed by atoms with Gasteiger partial charge in [0, 0.05) is 44.3 Å². The number of benzene rings is 1. The number of nitrogens with zero attached hydrogens (tertiary/aromatic N) is 2. The minimum absolute atomic E-state index is 0.152. The zero-order valence-corrected chi connectivity index (χ0v) is 16.0. The second-order valence-corrected chi connectivity index (χ2v) is 5.98. The minimum Gasteiger partial charge on any atom is -0.383 e. The molecular formula is C20H28N4O2. The van der Waals surface area contributed by atoms with Crippen LogP contribution in [0, 0.1) is 6.92 Å². The van der Waals surface area contributed by atoms with E-state index in [1.54, 1.807) is 19.4 Å². The third-order valence-electron chi connectivity index (χ3n) is 4.22. The summed E-state index contributed by atoms with van der Waals surface area (Å²) in [6.07, 6.45) is 1.57. The molecule has 0 spiro atoms. The van der Waals surface area contributed by atoms with Crippen molar-refractivity contribution in [1.82, 2.24) is 10.3 Å². The van der Waals surface area contributed by atoms with Gasteiger partial charge in [0.05, 0.1) is 12.2 Å². The lowest BCUT2D eigenvalue weighted by atomic mass is 10.1. The molecule has 0 unspecified atom stereocenters. The number of carbonyl (C=O) groups is 1. The Morgan fingerprint density at radius 1 is 1.19 bits per heavy atom. The number of rotatable bonds is 9. The average molecular weight is 356 g/mol. The first kappa shape index (κ1) is 19.7. The van der Waals surface area contributed by atoms with Crippen LogP contribution in [0.1, 0.15) is 29.8 Å². The Hall–Kier alpha value is -2.60. The first-order valence-electron chi connectivity index (χ1n) is 8.94. The Bertz CT molecular complexity index is 712. The van der Waals surface area contributed by atoms with E-state index in [0.29, 0.717) is 24.5 Å². The van der Waals surface area contributed by atoms with E-state index in [1.807, 2.05) is 6.07 Å². The van der Waals surface area contributed by atoms with E-state index in [1.165, 1.54) is 5.69 Å². The van der Waals surface area contributed by atoms with E-state index in [0.717, 1.165) is 24.3 Å². The molecule has 140 valence electrons. The molecule has 2 rings (SSSR count). The van der Waals surface area contributed by atoms with E-state index in [-0.39, 0.29) is 5.91 Å². The molecule has 2 N–H and O–H groups in total. The van der Waals surface area contributed by atoms with Crippen LogP contribution in [0.4, 0.5) is 17.2 Å². The number of aromatic nitrogens is 1. The van der Waals surface area contributed by atoms with Gasteiger partial charge in [0.15, 0.2) is 0 Å². The van der Waals surface area contributed by atoms with Gasteiger partial charge >= 0.3 is 0 Å². The van der Waals surface area contributed by atoms with Crippen LogP contribution >= 0.6 is 0 Å². The van der Waals surface area contributed by atoms with Gasteiger partial charge in [0.25, 0.3) is 5.91 Å². The molecular weight excluding hydrogens is 328 g/mol. The highest BCUT2D eigenvalue weighted by molar-refractivity contribution is 5.94. The quantitative estimate of drug-likeness (QED) is 0.675. The van der Waals surface area contributed by atoms with Crippen LogP contribution in [0.3, 0.4) is 0 Å².